The van der Waals surface area contributed by atoms with E-state index in [2.05, 4.69) is 0 Å². The van der Waals surface area contributed by atoms with Crippen molar-refractivity contribution >= 4 is 10.4 Å². The van der Waals surface area contributed by atoms with Gasteiger partial charge in [0.1, 0.15) is 0 Å². The molecule has 0 amide bonds. The van der Waals surface area contributed by atoms with Gasteiger partial charge in [-0.1, -0.05) is 0 Å². The third-order valence-corrected chi connectivity index (χ3v) is 0. The van der Waals surface area contributed by atoms with E-state index in [9.17, 15) is 0 Å². The van der Waals surface area contributed by atoms with Crippen LogP contribution < -0.4 is 0 Å². The summed E-state index contributed by atoms with van der Waals surface area (Å²) in [6.07, 6.45) is 0. The Kier molecular flexibility index (Phi) is 43.0. The van der Waals surface area contributed by atoms with E-state index in [1.54, 1.807) is 0 Å². The summed E-state index contributed by atoms with van der Waals surface area (Å²) < 4.78 is 31.6. The van der Waals surface area contributed by atoms with Gasteiger partial charge in [-0.2, -0.15) is 8.42 Å². The van der Waals surface area contributed by atoms with Crippen LogP contribution in [0.2, 0.25) is 0 Å². The van der Waals surface area contributed by atoms with Crippen molar-refractivity contribution in [2.24, 2.45) is 0 Å². The first-order valence-corrected chi connectivity index (χ1v) is 2.10. The molecule has 0 rings (SSSR count). The Labute approximate surface area is 62.0 Å². The second kappa shape index (κ2) is 11.1. The minimum atomic E-state index is -4.67. The largest absolute Gasteiger partial charge is 0.412 e. The summed E-state index contributed by atoms with van der Waals surface area (Å²) in [5, 5.41) is 0. The number of hydrogen-bond acceptors (Lipinski definition) is 2. The Morgan fingerprint density at radius 3 is 0.889 bits per heavy atom. The van der Waals surface area contributed by atoms with E-state index >= 15 is 0 Å². The van der Waals surface area contributed by atoms with Gasteiger partial charge in [-0.25, -0.2) is 0 Å². The van der Waals surface area contributed by atoms with E-state index in [0.717, 1.165) is 0 Å². The van der Waals surface area contributed by atoms with Crippen molar-refractivity contribution in [3.63, 3.8) is 0 Å². The maximum Gasteiger partial charge on any atom is 0.394 e. The molecule has 0 fully saturated rings. The van der Waals surface area contributed by atoms with Crippen LogP contribution in [0, 0.1) is 0 Å². The average Bonchev–Trinajstić information content (AvgIpc) is 0.722. The van der Waals surface area contributed by atoms with Crippen molar-refractivity contribution in [1.82, 2.24) is 0 Å². The van der Waals surface area contributed by atoms with Crippen LogP contribution in [0.5, 0.6) is 0 Å². The Balaban J connectivity index is -0.0000000133. The van der Waals surface area contributed by atoms with Crippen LogP contribution in [-0.4, -0.2) is 34.0 Å². The van der Waals surface area contributed by atoms with E-state index in [0.29, 0.717) is 0 Å². The molecule has 0 atom stereocenters. The minimum absolute atomic E-state index is 0. The van der Waals surface area contributed by atoms with Gasteiger partial charge >= 0.3 is 10.4 Å². The summed E-state index contributed by atoms with van der Waals surface area (Å²) in [4.78, 5) is 0. The summed E-state index contributed by atoms with van der Waals surface area (Å²) in [6, 6.07) is 0. The fourth-order valence-electron chi connectivity index (χ4n) is 0. The molecule has 0 unspecified atom stereocenters. The SMILES string of the molecule is O.O.O.O=S(=O)(O)O.[Mn]. The Morgan fingerprint density at radius 2 is 0.889 bits per heavy atom. The van der Waals surface area contributed by atoms with Gasteiger partial charge in [0.25, 0.3) is 0 Å². The maximum absolute atomic E-state index is 8.74. The summed E-state index contributed by atoms with van der Waals surface area (Å²) >= 11 is 0. The summed E-state index contributed by atoms with van der Waals surface area (Å²) in [7, 11) is -4.67. The van der Waals surface area contributed by atoms with Gasteiger partial charge in [-0.05, 0) is 0 Å². The van der Waals surface area contributed by atoms with Crippen molar-refractivity contribution in [1.29, 1.82) is 0 Å². The van der Waals surface area contributed by atoms with Crippen LogP contribution in [-0.2, 0) is 27.5 Å². The zero-order valence-corrected chi connectivity index (χ0v) is 5.99. The van der Waals surface area contributed by atoms with Crippen molar-refractivity contribution in [2.45, 2.75) is 0 Å². The molecule has 0 saturated carbocycles. The second-order valence-corrected chi connectivity index (χ2v) is 1.34. The maximum atomic E-state index is 8.74. The van der Waals surface area contributed by atoms with Crippen molar-refractivity contribution in [3.8, 4) is 0 Å². The zero-order valence-electron chi connectivity index (χ0n) is 4.00. The van der Waals surface area contributed by atoms with Gasteiger partial charge in [0.05, 0.1) is 0 Å². The van der Waals surface area contributed by atoms with E-state index in [4.69, 9.17) is 17.5 Å². The first-order valence-electron chi connectivity index (χ1n) is 0.698. The predicted octanol–water partition coefficient (Wildman–Crippen LogP) is -3.13. The van der Waals surface area contributed by atoms with Gasteiger partial charge in [0.2, 0.25) is 0 Å². The van der Waals surface area contributed by atoms with Gasteiger partial charge in [-0.15, -0.1) is 0 Å². The first-order chi connectivity index (χ1) is 2.00. The Bertz CT molecular complexity index is 92.1. The molecule has 0 aromatic carbocycles. The van der Waals surface area contributed by atoms with Gasteiger partial charge in [0.15, 0.2) is 0 Å². The summed E-state index contributed by atoms with van der Waals surface area (Å²) in [6.45, 7) is 0. The Morgan fingerprint density at radius 1 is 0.889 bits per heavy atom. The molecule has 0 aliphatic heterocycles. The third-order valence-electron chi connectivity index (χ3n) is 0. The van der Waals surface area contributed by atoms with Gasteiger partial charge < -0.3 is 16.4 Å². The van der Waals surface area contributed by atoms with E-state index in [-0.39, 0.29) is 33.5 Å². The molecular formula is H8MnO7S. The average molecular weight is 207 g/mol. The molecule has 7 nitrogen and oxygen atoms in total. The zero-order chi connectivity index (χ0) is 4.50. The summed E-state index contributed by atoms with van der Waals surface area (Å²) in [5.74, 6) is 0. The predicted molar refractivity (Wildman–Crippen MR) is 25.0 cm³/mol. The Hall–Kier alpha value is 0.269. The van der Waals surface area contributed by atoms with Crippen molar-refractivity contribution in [2.75, 3.05) is 0 Å². The van der Waals surface area contributed by atoms with Crippen molar-refractivity contribution < 1.29 is 51.0 Å². The van der Waals surface area contributed by atoms with Crippen LogP contribution in [0.4, 0.5) is 0 Å². The molecule has 0 saturated heterocycles. The molecule has 9 heavy (non-hydrogen) atoms. The van der Waals surface area contributed by atoms with Gasteiger partial charge in [-0.3, -0.25) is 9.11 Å². The standard InChI is InChI=1S/Mn.H2O4S.3H2O/c;1-5(2,3)4;;;/h;(H2,1,2,3,4);3*1H2. The van der Waals surface area contributed by atoms with Crippen LogP contribution in [0.25, 0.3) is 0 Å². The molecule has 0 aliphatic rings. The fraction of sp³-hybridized carbons (Fsp3) is 0. The fourth-order valence-corrected chi connectivity index (χ4v) is 0. The second-order valence-electron chi connectivity index (χ2n) is 0.448. The van der Waals surface area contributed by atoms with Crippen LogP contribution in [0.1, 0.15) is 0 Å². The molecule has 1 radical (unpaired) electrons. The third kappa shape index (κ3) is 4480. The topological polar surface area (TPSA) is 169 Å². The molecule has 0 aromatic rings. The van der Waals surface area contributed by atoms with Crippen LogP contribution in [0.3, 0.4) is 0 Å². The molecular weight excluding hydrogens is 199 g/mol. The van der Waals surface area contributed by atoms with E-state index in [1.807, 2.05) is 0 Å². The quantitative estimate of drug-likeness (QED) is 0.316. The minimum Gasteiger partial charge on any atom is -0.412 e. The molecule has 0 aromatic heterocycles. The van der Waals surface area contributed by atoms with Crippen LogP contribution in [0.15, 0.2) is 0 Å². The molecule has 0 aliphatic carbocycles. The molecule has 0 heterocycles. The molecule has 63 valence electrons. The molecule has 9 heteroatoms. The number of rotatable bonds is 0. The number of hydrogen-bond donors (Lipinski definition) is 2. The smallest absolute Gasteiger partial charge is 0.394 e. The summed E-state index contributed by atoms with van der Waals surface area (Å²) in [5.41, 5.74) is 0. The molecule has 8 N–H and O–H groups in total. The normalized spacial score (nSPS) is 6.44. The van der Waals surface area contributed by atoms with Gasteiger partial charge in [0, 0.05) is 17.1 Å². The molecule has 0 spiro atoms. The van der Waals surface area contributed by atoms with Crippen molar-refractivity contribution in [3.05, 3.63) is 0 Å². The monoisotopic (exact) mass is 207 g/mol. The first kappa shape index (κ1) is 34.8. The molecule has 0 bridgehead atoms. The van der Waals surface area contributed by atoms with E-state index < -0.39 is 10.4 Å². The van der Waals surface area contributed by atoms with E-state index in [1.165, 1.54) is 0 Å². The van der Waals surface area contributed by atoms with Crippen LogP contribution >= 0.6 is 0 Å².